The Morgan fingerprint density at radius 2 is 2.19 bits per heavy atom. The lowest BCUT2D eigenvalue weighted by molar-refractivity contribution is 0.141. The smallest absolute Gasteiger partial charge is 0.136 e. The van der Waals surface area contributed by atoms with Gasteiger partial charge in [0.05, 0.1) is 19.3 Å². The molecule has 0 spiro atoms. The Morgan fingerprint density at radius 1 is 1.43 bits per heavy atom. The molecule has 0 radical (unpaired) electrons. The Hall–Kier alpha value is -0.750. The maximum atomic E-state index is 12.2. The molecule has 3 atom stereocenters. The van der Waals surface area contributed by atoms with Crippen LogP contribution in [-0.4, -0.2) is 28.6 Å². The fraction of sp³-hybridized carbons (Fsp3) is 0.625. The van der Waals surface area contributed by atoms with Gasteiger partial charge in [-0.3, -0.25) is 0 Å². The van der Waals surface area contributed by atoms with E-state index in [2.05, 4.69) is 4.72 Å². The molecule has 1 aromatic carbocycles. The summed E-state index contributed by atoms with van der Waals surface area (Å²) in [5, 5.41) is 0. The molecule has 0 amide bonds. The highest BCUT2D eigenvalue weighted by molar-refractivity contribution is 7.90. The van der Waals surface area contributed by atoms with Crippen LogP contribution in [0.1, 0.15) is 45.7 Å². The molecule has 1 N–H and O–H groups in total. The first-order valence-electron chi connectivity index (χ1n) is 7.38. The Kier molecular flexibility index (Phi) is 5.54. The zero-order valence-corrected chi connectivity index (χ0v) is 14.0. The fourth-order valence-electron chi connectivity index (χ4n) is 2.06. The number of nitrogens with one attached hydrogen (secondary N) is 1. The molecule has 2 rings (SSSR count). The average Bonchev–Trinajstić information content (AvgIpc) is 2.90. The van der Waals surface area contributed by atoms with Crippen molar-refractivity contribution >= 4 is 11.4 Å². The van der Waals surface area contributed by atoms with Crippen LogP contribution in [0.4, 0.5) is 0 Å². The van der Waals surface area contributed by atoms with Gasteiger partial charge >= 0.3 is 0 Å². The summed E-state index contributed by atoms with van der Waals surface area (Å²) in [7, 11) is 0. The second kappa shape index (κ2) is 7.01. The van der Waals surface area contributed by atoms with Gasteiger partial charge in [0.25, 0.3) is 0 Å². The summed E-state index contributed by atoms with van der Waals surface area (Å²) in [4.78, 5) is 0. The summed E-state index contributed by atoms with van der Waals surface area (Å²) in [6.07, 6.45) is 1.08. The summed E-state index contributed by atoms with van der Waals surface area (Å²) in [6, 6.07) is 7.97. The molecule has 1 aliphatic rings. The van der Waals surface area contributed by atoms with Crippen molar-refractivity contribution in [2.45, 2.75) is 51.0 Å². The van der Waals surface area contributed by atoms with Gasteiger partial charge in [-0.25, -0.2) is 0 Å². The summed E-state index contributed by atoms with van der Waals surface area (Å²) in [5.74, 6) is 0.846. The van der Waals surface area contributed by atoms with Crippen molar-refractivity contribution in [1.82, 2.24) is 4.72 Å². The molecular formula is C16H25NO3S. The van der Waals surface area contributed by atoms with E-state index in [4.69, 9.17) is 9.47 Å². The monoisotopic (exact) mass is 311 g/mol. The van der Waals surface area contributed by atoms with Crippen molar-refractivity contribution in [3.8, 4) is 5.75 Å². The van der Waals surface area contributed by atoms with Crippen molar-refractivity contribution in [2.24, 2.45) is 0 Å². The predicted molar refractivity (Wildman–Crippen MR) is 85.7 cm³/mol. The molecule has 0 bridgehead atoms. The molecule has 2 unspecified atom stereocenters. The van der Waals surface area contributed by atoms with Crippen LogP contribution in [-0.2, 0) is 16.1 Å². The van der Waals surface area contributed by atoms with Crippen LogP contribution in [0.15, 0.2) is 24.3 Å². The standard InChI is InChI=1S/C16H25NO3S/c1-12(17-21(18)16(2,3)4)13-6-5-7-14(10-13)20-15-8-9-19-11-15/h5-7,10,12,15,17H,8-9,11H2,1-4H3/t12-,15?,21?/m0/s1. The lowest BCUT2D eigenvalue weighted by Gasteiger charge is -2.26. The third-order valence-electron chi connectivity index (χ3n) is 3.39. The number of rotatable bonds is 5. The molecule has 1 aromatic rings. The molecule has 21 heavy (non-hydrogen) atoms. The molecule has 1 saturated heterocycles. The van der Waals surface area contributed by atoms with Crippen LogP contribution in [0.5, 0.6) is 5.75 Å². The van der Waals surface area contributed by atoms with Crippen LogP contribution >= 0.6 is 0 Å². The topological polar surface area (TPSA) is 53.5 Å². The zero-order valence-electron chi connectivity index (χ0n) is 13.2. The second-order valence-corrected chi connectivity index (χ2v) is 8.39. The summed E-state index contributed by atoms with van der Waals surface area (Å²) < 4.78 is 26.3. The van der Waals surface area contributed by atoms with Gasteiger partial charge in [0.15, 0.2) is 0 Å². The third kappa shape index (κ3) is 4.88. The molecule has 4 nitrogen and oxygen atoms in total. The Balaban J connectivity index is 1.99. The Bertz CT molecular complexity index is 455. The van der Waals surface area contributed by atoms with Gasteiger partial charge in [-0.1, -0.05) is 12.1 Å². The van der Waals surface area contributed by atoms with E-state index in [0.717, 1.165) is 24.3 Å². The summed E-state index contributed by atoms with van der Waals surface area (Å²) in [5.41, 5.74) is 1.07. The molecule has 0 aliphatic carbocycles. The highest BCUT2D eigenvalue weighted by Gasteiger charge is 2.28. The first-order chi connectivity index (χ1) is 9.86. The molecule has 1 heterocycles. The van der Waals surface area contributed by atoms with Crippen LogP contribution in [0.25, 0.3) is 0 Å². The minimum absolute atomic E-state index is 0.00781. The van der Waals surface area contributed by atoms with Crippen LogP contribution in [0, 0.1) is 0 Å². The van der Waals surface area contributed by atoms with Crippen LogP contribution in [0.3, 0.4) is 0 Å². The van der Waals surface area contributed by atoms with Crippen molar-refractivity contribution in [1.29, 1.82) is 0 Å². The molecule has 118 valence electrons. The number of hydrogen-bond acceptors (Lipinski definition) is 4. The van der Waals surface area contributed by atoms with Gasteiger partial charge in [0.1, 0.15) is 16.6 Å². The minimum Gasteiger partial charge on any atom is -0.598 e. The highest BCUT2D eigenvalue weighted by atomic mass is 32.2. The molecule has 0 saturated carbocycles. The van der Waals surface area contributed by atoms with E-state index < -0.39 is 11.4 Å². The fourth-order valence-corrected chi connectivity index (χ4v) is 2.87. The predicted octanol–water partition coefficient (Wildman–Crippen LogP) is 2.97. The zero-order chi connectivity index (χ0) is 15.5. The van der Waals surface area contributed by atoms with E-state index in [1.165, 1.54) is 0 Å². The largest absolute Gasteiger partial charge is 0.598 e. The van der Waals surface area contributed by atoms with E-state index >= 15 is 0 Å². The molecule has 5 heteroatoms. The van der Waals surface area contributed by atoms with E-state index in [9.17, 15) is 4.55 Å². The van der Waals surface area contributed by atoms with Crippen molar-refractivity contribution in [3.63, 3.8) is 0 Å². The van der Waals surface area contributed by atoms with Gasteiger partial charge in [-0.15, -0.1) is 4.72 Å². The molecule has 0 aromatic heterocycles. The molecule has 1 fully saturated rings. The van der Waals surface area contributed by atoms with E-state index in [1.807, 2.05) is 52.0 Å². The van der Waals surface area contributed by atoms with Crippen molar-refractivity contribution in [3.05, 3.63) is 29.8 Å². The number of benzene rings is 1. The quantitative estimate of drug-likeness (QED) is 0.849. The van der Waals surface area contributed by atoms with Gasteiger partial charge in [-0.2, -0.15) is 0 Å². The summed E-state index contributed by atoms with van der Waals surface area (Å²) >= 11 is -1.09. The Morgan fingerprint density at radius 3 is 2.81 bits per heavy atom. The van der Waals surface area contributed by atoms with Gasteiger partial charge in [0.2, 0.25) is 0 Å². The number of ether oxygens (including phenoxy) is 2. The van der Waals surface area contributed by atoms with E-state index in [0.29, 0.717) is 6.61 Å². The third-order valence-corrected chi connectivity index (χ3v) is 5.07. The first-order valence-corrected chi connectivity index (χ1v) is 8.53. The highest BCUT2D eigenvalue weighted by Crippen LogP contribution is 2.24. The SMILES string of the molecule is C[C@H](N[S+]([O-])C(C)(C)C)c1cccc(OC2CCOC2)c1. The second-order valence-electron chi connectivity index (χ2n) is 6.40. The van der Waals surface area contributed by atoms with E-state index in [1.54, 1.807) is 0 Å². The maximum absolute atomic E-state index is 12.2. The van der Waals surface area contributed by atoms with Crippen molar-refractivity contribution in [2.75, 3.05) is 13.2 Å². The van der Waals surface area contributed by atoms with Crippen LogP contribution < -0.4 is 9.46 Å². The average molecular weight is 311 g/mol. The van der Waals surface area contributed by atoms with E-state index in [-0.39, 0.29) is 16.9 Å². The summed E-state index contributed by atoms with van der Waals surface area (Å²) in [6.45, 7) is 9.33. The van der Waals surface area contributed by atoms with Crippen LogP contribution in [0.2, 0.25) is 0 Å². The minimum atomic E-state index is -1.09. The van der Waals surface area contributed by atoms with Gasteiger partial charge in [0, 0.05) is 17.8 Å². The first kappa shape index (κ1) is 16.6. The Labute approximate surface area is 130 Å². The van der Waals surface area contributed by atoms with Gasteiger partial charge in [-0.05, 0) is 45.4 Å². The van der Waals surface area contributed by atoms with Crippen molar-refractivity contribution < 1.29 is 14.0 Å². The number of hydrogen-bond donors (Lipinski definition) is 1. The maximum Gasteiger partial charge on any atom is 0.136 e. The lowest BCUT2D eigenvalue weighted by Crippen LogP contribution is -2.40. The van der Waals surface area contributed by atoms with Gasteiger partial charge < -0.3 is 14.0 Å². The molecular weight excluding hydrogens is 286 g/mol. The normalized spacial score (nSPS) is 22.0. The lowest BCUT2D eigenvalue weighted by atomic mass is 10.1. The molecule has 1 aliphatic heterocycles.